The van der Waals surface area contributed by atoms with Gasteiger partial charge in [0.05, 0.1) is 12.7 Å². The molecule has 0 saturated heterocycles. The van der Waals surface area contributed by atoms with E-state index in [0.717, 1.165) is 13.2 Å². The van der Waals surface area contributed by atoms with E-state index in [1.54, 1.807) is 0 Å². The van der Waals surface area contributed by atoms with Crippen molar-refractivity contribution in [2.75, 3.05) is 13.7 Å². The molecule has 1 rings (SSSR count). The van der Waals surface area contributed by atoms with Crippen LogP contribution in [0, 0.1) is 5.92 Å². The van der Waals surface area contributed by atoms with Gasteiger partial charge in [0.15, 0.2) is 0 Å². The summed E-state index contributed by atoms with van der Waals surface area (Å²) in [5.74, 6) is -3.36. The maximum absolute atomic E-state index is 13.5. The van der Waals surface area contributed by atoms with Crippen molar-refractivity contribution in [1.29, 1.82) is 0 Å². The Balaban J connectivity index is 2.76. The fraction of sp³-hybridized carbons (Fsp3) is 0.455. The van der Waals surface area contributed by atoms with Crippen LogP contribution in [0.2, 0.25) is 0 Å². The molecule has 0 spiro atoms. The van der Waals surface area contributed by atoms with Gasteiger partial charge in [-0.3, -0.25) is 4.79 Å². The largest absolute Gasteiger partial charge is 0.465 e. The molecule has 94 valence electrons. The Kier molecular flexibility index (Phi) is 4.37. The zero-order chi connectivity index (χ0) is 13.0. The van der Waals surface area contributed by atoms with Crippen LogP contribution in [0.4, 0.5) is 8.78 Å². The average molecular weight is 245 g/mol. The highest BCUT2D eigenvalue weighted by Gasteiger charge is 2.27. The zero-order valence-electron chi connectivity index (χ0n) is 9.55. The highest BCUT2D eigenvalue weighted by Crippen LogP contribution is 2.31. The van der Waals surface area contributed by atoms with Gasteiger partial charge < -0.3 is 10.1 Å². The van der Waals surface area contributed by atoms with Gasteiger partial charge in [0.25, 0.3) is 0 Å². The average Bonchev–Trinajstić information content (AvgIpc) is 2.28. The first-order valence-corrected chi connectivity index (χ1v) is 5.04. The van der Waals surface area contributed by atoms with Crippen molar-refractivity contribution in [1.82, 2.24) is 5.32 Å². The fourth-order valence-corrected chi connectivity index (χ4v) is 1.47. The van der Waals surface area contributed by atoms with Crippen LogP contribution in [0.15, 0.2) is 23.3 Å². The topological polar surface area (TPSA) is 55.4 Å². The standard InChI is InChI=1S/C11H13F2NO3/c1-6(15)14-5-7-3-10(13)8(4-9(7)12)11(16)17-2/h4,7H,3,5H2,1-2H3,(H,14,15). The maximum Gasteiger partial charge on any atom is 0.340 e. The second-order valence-corrected chi connectivity index (χ2v) is 3.68. The van der Waals surface area contributed by atoms with Gasteiger partial charge >= 0.3 is 5.97 Å². The molecule has 0 aromatic heterocycles. The lowest BCUT2D eigenvalue weighted by Gasteiger charge is -2.19. The second kappa shape index (κ2) is 5.56. The van der Waals surface area contributed by atoms with Crippen LogP contribution in [0.5, 0.6) is 0 Å². The first-order chi connectivity index (χ1) is 7.95. The Hall–Kier alpha value is -1.72. The second-order valence-electron chi connectivity index (χ2n) is 3.68. The lowest BCUT2D eigenvalue weighted by molar-refractivity contribution is -0.136. The van der Waals surface area contributed by atoms with Crippen LogP contribution in [-0.2, 0) is 14.3 Å². The van der Waals surface area contributed by atoms with E-state index in [4.69, 9.17) is 0 Å². The van der Waals surface area contributed by atoms with Gasteiger partial charge in [0, 0.05) is 25.8 Å². The van der Waals surface area contributed by atoms with E-state index in [-0.39, 0.29) is 18.9 Å². The Morgan fingerprint density at radius 3 is 2.71 bits per heavy atom. The fourth-order valence-electron chi connectivity index (χ4n) is 1.47. The number of carbonyl (C=O) groups is 2. The third-order valence-electron chi connectivity index (χ3n) is 2.39. The molecule has 1 N–H and O–H groups in total. The monoisotopic (exact) mass is 245 g/mol. The van der Waals surface area contributed by atoms with Crippen molar-refractivity contribution in [2.24, 2.45) is 5.92 Å². The molecule has 0 saturated carbocycles. The smallest absolute Gasteiger partial charge is 0.340 e. The van der Waals surface area contributed by atoms with Gasteiger partial charge in [-0.05, 0) is 6.08 Å². The molecule has 0 radical (unpaired) electrons. The first kappa shape index (κ1) is 13.3. The van der Waals surface area contributed by atoms with Crippen molar-refractivity contribution in [2.45, 2.75) is 13.3 Å². The third kappa shape index (κ3) is 3.37. The van der Waals surface area contributed by atoms with E-state index in [1.807, 2.05) is 0 Å². The first-order valence-electron chi connectivity index (χ1n) is 5.04. The maximum atomic E-state index is 13.5. The number of halogens is 2. The summed E-state index contributed by atoms with van der Waals surface area (Å²) in [6.45, 7) is 1.29. The summed E-state index contributed by atoms with van der Waals surface area (Å²) in [7, 11) is 1.09. The number of methoxy groups -OCH3 is 1. The lowest BCUT2D eigenvalue weighted by Crippen LogP contribution is -2.29. The van der Waals surface area contributed by atoms with Gasteiger partial charge in [-0.25, -0.2) is 13.6 Å². The lowest BCUT2D eigenvalue weighted by atomic mass is 9.94. The Morgan fingerprint density at radius 2 is 2.18 bits per heavy atom. The van der Waals surface area contributed by atoms with Gasteiger partial charge in [-0.1, -0.05) is 0 Å². The van der Waals surface area contributed by atoms with Crippen LogP contribution in [0.25, 0.3) is 0 Å². The number of esters is 1. The van der Waals surface area contributed by atoms with Crippen molar-refractivity contribution < 1.29 is 23.1 Å². The van der Waals surface area contributed by atoms with Crippen molar-refractivity contribution >= 4 is 11.9 Å². The number of hydrogen-bond donors (Lipinski definition) is 1. The molecular formula is C11H13F2NO3. The number of allylic oxidation sites excluding steroid dienone is 1. The molecule has 1 unspecified atom stereocenters. The quantitative estimate of drug-likeness (QED) is 0.764. The summed E-state index contributed by atoms with van der Waals surface area (Å²) >= 11 is 0. The molecule has 0 aromatic rings. The minimum absolute atomic E-state index is 0.000457. The van der Waals surface area contributed by atoms with Crippen LogP contribution < -0.4 is 5.32 Å². The summed E-state index contributed by atoms with van der Waals surface area (Å²) in [6, 6.07) is 0. The van der Waals surface area contributed by atoms with Gasteiger partial charge in [0.2, 0.25) is 5.91 Å². The number of hydrogen-bond acceptors (Lipinski definition) is 3. The summed E-state index contributed by atoms with van der Waals surface area (Å²) in [5.41, 5.74) is -0.399. The van der Waals surface area contributed by atoms with Crippen LogP contribution >= 0.6 is 0 Å². The van der Waals surface area contributed by atoms with Crippen LogP contribution in [-0.4, -0.2) is 25.5 Å². The zero-order valence-corrected chi connectivity index (χ0v) is 9.55. The van der Waals surface area contributed by atoms with Crippen molar-refractivity contribution in [3.63, 3.8) is 0 Å². The molecule has 1 amide bonds. The Labute approximate surface area is 97.3 Å². The molecule has 0 bridgehead atoms. The SMILES string of the molecule is COC(=O)C1=C(F)CC(CNC(C)=O)C(F)=C1. The van der Waals surface area contributed by atoms with E-state index in [9.17, 15) is 18.4 Å². The van der Waals surface area contributed by atoms with E-state index in [1.165, 1.54) is 6.92 Å². The minimum Gasteiger partial charge on any atom is -0.465 e. The normalized spacial score (nSPS) is 19.8. The predicted molar refractivity (Wildman–Crippen MR) is 56.1 cm³/mol. The van der Waals surface area contributed by atoms with Crippen molar-refractivity contribution in [3.8, 4) is 0 Å². The Morgan fingerprint density at radius 1 is 1.53 bits per heavy atom. The van der Waals surface area contributed by atoms with Crippen molar-refractivity contribution in [3.05, 3.63) is 23.3 Å². The summed E-state index contributed by atoms with van der Waals surface area (Å²) in [4.78, 5) is 21.8. The molecule has 1 aliphatic rings. The number of rotatable bonds is 3. The van der Waals surface area contributed by atoms with Gasteiger partial charge in [-0.15, -0.1) is 0 Å². The molecule has 0 aliphatic heterocycles. The predicted octanol–water partition coefficient (Wildman–Crippen LogP) is 1.39. The Bertz CT molecular complexity index is 402. The van der Waals surface area contributed by atoms with Gasteiger partial charge in [0.1, 0.15) is 11.7 Å². The number of amides is 1. The molecule has 0 heterocycles. The van der Waals surface area contributed by atoms with E-state index in [0.29, 0.717) is 0 Å². The molecule has 4 nitrogen and oxygen atoms in total. The number of ether oxygens (including phenoxy) is 1. The molecule has 0 aromatic carbocycles. The highest BCUT2D eigenvalue weighted by atomic mass is 19.1. The summed E-state index contributed by atoms with van der Waals surface area (Å²) in [5, 5.41) is 2.40. The highest BCUT2D eigenvalue weighted by molar-refractivity contribution is 5.92. The van der Waals surface area contributed by atoms with Crippen LogP contribution in [0.1, 0.15) is 13.3 Å². The van der Waals surface area contributed by atoms with E-state index >= 15 is 0 Å². The van der Waals surface area contributed by atoms with Gasteiger partial charge in [-0.2, -0.15) is 0 Å². The number of nitrogens with one attached hydrogen (secondary N) is 1. The summed E-state index contributed by atoms with van der Waals surface area (Å²) < 4.78 is 31.3. The van der Waals surface area contributed by atoms with E-state index in [2.05, 4.69) is 10.1 Å². The molecule has 17 heavy (non-hydrogen) atoms. The summed E-state index contributed by atoms with van der Waals surface area (Å²) in [6.07, 6.45) is 0.560. The van der Waals surface area contributed by atoms with Crippen LogP contribution in [0.3, 0.4) is 0 Å². The molecular weight excluding hydrogens is 232 g/mol. The minimum atomic E-state index is -0.907. The van der Waals surface area contributed by atoms with E-state index < -0.39 is 29.1 Å². The number of carbonyl (C=O) groups excluding carboxylic acids is 2. The molecule has 1 aliphatic carbocycles. The molecule has 6 heteroatoms. The molecule has 1 atom stereocenters. The molecule has 0 fully saturated rings. The third-order valence-corrected chi connectivity index (χ3v) is 2.39.